The molecule has 1 amide bonds. The molecule has 0 saturated carbocycles. The van der Waals surface area contributed by atoms with Gasteiger partial charge in [0.05, 0.1) is 11.8 Å². The average molecular weight is 229 g/mol. The Balaban J connectivity index is 2.27. The molecule has 0 bridgehead atoms. The van der Waals surface area contributed by atoms with Crippen LogP contribution in [-0.4, -0.2) is 17.1 Å². The second-order valence-corrected chi connectivity index (χ2v) is 3.12. The highest BCUT2D eigenvalue weighted by Gasteiger charge is 2.32. The molecule has 2 N–H and O–H groups in total. The SMILES string of the molecule is O=C1NN=CC1=Cc1ccc(C(F)(F)F)[nH]1. The fourth-order valence-electron chi connectivity index (χ4n) is 1.22. The highest BCUT2D eigenvalue weighted by molar-refractivity contribution is 6.18. The lowest BCUT2D eigenvalue weighted by Crippen LogP contribution is -2.11. The summed E-state index contributed by atoms with van der Waals surface area (Å²) in [6.07, 6.45) is -1.87. The fourth-order valence-corrected chi connectivity index (χ4v) is 1.22. The number of nitrogens with one attached hydrogen (secondary N) is 2. The van der Waals surface area contributed by atoms with E-state index in [4.69, 9.17) is 0 Å². The van der Waals surface area contributed by atoms with E-state index in [2.05, 4.69) is 15.5 Å². The van der Waals surface area contributed by atoms with Gasteiger partial charge < -0.3 is 4.98 Å². The molecule has 7 heteroatoms. The van der Waals surface area contributed by atoms with Crippen LogP contribution in [0.2, 0.25) is 0 Å². The number of hydrazone groups is 1. The van der Waals surface area contributed by atoms with E-state index in [1.807, 2.05) is 0 Å². The van der Waals surface area contributed by atoms with Crippen molar-refractivity contribution in [1.29, 1.82) is 0 Å². The van der Waals surface area contributed by atoms with Crippen molar-refractivity contribution in [3.63, 3.8) is 0 Å². The number of halogens is 3. The average Bonchev–Trinajstić information content (AvgIpc) is 2.76. The van der Waals surface area contributed by atoms with E-state index in [1.165, 1.54) is 18.4 Å². The van der Waals surface area contributed by atoms with Gasteiger partial charge in [-0.2, -0.15) is 18.3 Å². The quantitative estimate of drug-likeness (QED) is 0.705. The Bertz CT molecular complexity index is 484. The highest BCUT2D eigenvalue weighted by Crippen LogP contribution is 2.28. The van der Waals surface area contributed by atoms with Gasteiger partial charge in [0.1, 0.15) is 5.69 Å². The maximum absolute atomic E-state index is 12.2. The van der Waals surface area contributed by atoms with E-state index in [0.29, 0.717) is 0 Å². The van der Waals surface area contributed by atoms with E-state index in [1.54, 1.807) is 0 Å². The Kier molecular flexibility index (Phi) is 2.30. The van der Waals surface area contributed by atoms with Gasteiger partial charge in [-0.05, 0) is 18.2 Å². The summed E-state index contributed by atoms with van der Waals surface area (Å²) in [5.41, 5.74) is 1.70. The first-order chi connectivity index (χ1) is 7.47. The predicted molar refractivity (Wildman–Crippen MR) is 50.4 cm³/mol. The molecule has 0 spiro atoms. The van der Waals surface area contributed by atoms with Crippen molar-refractivity contribution >= 4 is 18.2 Å². The number of hydrogen-bond acceptors (Lipinski definition) is 2. The molecule has 1 aliphatic rings. The van der Waals surface area contributed by atoms with Crippen molar-refractivity contribution in [1.82, 2.24) is 10.4 Å². The smallest absolute Gasteiger partial charge is 0.351 e. The number of nitrogens with zero attached hydrogens (tertiary/aromatic N) is 1. The molecule has 4 nitrogen and oxygen atoms in total. The molecule has 0 aromatic carbocycles. The van der Waals surface area contributed by atoms with Crippen LogP contribution in [0.15, 0.2) is 22.8 Å². The number of carbonyl (C=O) groups excluding carboxylic acids is 1. The number of hydrogen-bond donors (Lipinski definition) is 2. The number of aromatic amines is 1. The first-order valence-electron chi connectivity index (χ1n) is 4.28. The number of amides is 1. The topological polar surface area (TPSA) is 57.2 Å². The molecule has 0 atom stereocenters. The molecule has 0 unspecified atom stereocenters. The van der Waals surface area contributed by atoms with Crippen molar-refractivity contribution in [2.24, 2.45) is 5.10 Å². The van der Waals surface area contributed by atoms with Crippen LogP contribution in [0.4, 0.5) is 13.2 Å². The Labute approximate surface area is 87.8 Å². The summed E-state index contributed by atoms with van der Waals surface area (Å²) >= 11 is 0. The van der Waals surface area contributed by atoms with Gasteiger partial charge in [0.25, 0.3) is 5.91 Å². The van der Waals surface area contributed by atoms with Crippen LogP contribution >= 0.6 is 0 Å². The molecular weight excluding hydrogens is 223 g/mol. The van der Waals surface area contributed by atoms with Crippen molar-refractivity contribution < 1.29 is 18.0 Å². The number of alkyl halides is 3. The van der Waals surface area contributed by atoms with Crippen LogP contribution in [-0.2, 0) is 11.0 Å². The lowest BCUT2D eigenvalue weighted by molar-refractivity contribution is -0.140. The summed E-state index contributed by atoms with van der Waals surface area (Å²) in [5, 5.41) is 3.47. The minimum absolute atomic E-state index is 0.200. The normalized spacial score (nSPS) is 18.2. The van der Waals surface area contributed by atoms with Crippen molar-refractivity contribution in [3.05, 3.63) is 29.1 Å². The van der Waals surface area contributed by atoms with Gasteiger partial charge in [-0.3, -0.25) is 4.79 Å². The summed E-state index contributed by atoms with van der Waals surface area (Å²) in [6, 6.07) is 2.16. The van der Waals surface area contributed by atoms with E-state index >= 15 is 0 Å². The lowest BCUT2D eigenvalue weighted by Gasteiger charge is -2.01. The van der Waals surface area contributed by atoms with E-state index in [0.717, 1.165) is 6.07 Å². The van der Waals surface area contributed by atoms with Crippen molar-refractivity contribution in [3.8, 4) is 0 Å². The minimum atomic E-state index is -4.41. The zero-order chi connectivity index (χ0) is 11.8. The van der Waals surface area contributed by atoms with Gasteiger partial charge in [-0.15, -0.1) is 0 Å². The second-order valence-electron chi connectivity index (χ2n) is 3.12. The fraction of sp³-hybridized carbons (Fsp3) is 0.111. The molecule has 0 aliphatic carbocycles. The van der Waals surface area contributed by atoms with E-state index < -0.39 is 17.8 Å². The van der Waals surface area contributed by atoms with Crippen molar-refractivity contribution in [2.75, 3.05) is 0 Å². The van der Waals surface area contributed by atoms with Gasteiger partial charge in [-0.1, -0.05) is 0 Å². The Morgan fingerprint density at radius 1 is 1.31 bits per heavy atom. The van der Waals surface area contributed by atoms with Crippen LogP contribution < -0.4 is 5.43 Å². The molecule has 1 aromatic heterocycles. The molecule has 1 aromatic rings. The summed E-state index contributed by atoms with van der Waals surface area (Å²) in [7, 11) is 0. The number of carbonyl (C=O) groups is 1. The molecular formula is C9H6F3N3O. The molecule has 2 heterocycles. The minimum Gasteiger partial charge on any atom is -0.351 e. The predicted octanol–water partition coefficient (Wildman–Crippen LogP) is 1.53. The van der Waals surface area contributed by atoms with Gasteiger partial charge in [0.2, 0.25) is 0 Å². The Morgan fingerprint density at radius 2 is 2.06 bits per heavy atom. The molecule has 0 saturated heterocycles. The zero-order valence-corrected chi connectivity index (χ0v) is 7.80. The van der Waals surface area contributed by atoms with Crippen molar-refractivity contribution in [2.45, 2.75) is 6.18 Å². The molecule has 0 fully saturated rings. The maximum Gasteiger partial charge on any atom is 0.431 e. The van der Waals surface area contributed by atoms with Crippen LogP contribution in [0.25, 0.3) is 6.08 Å². The molecule has 84 valence electrons. The first-order valence-corrected chi connectivity index (χ1v) is 4.28. The largest absolute Gasteiger partial charge is 0.431 e. The summed E-state index contributed by atoms with van der Waals surface area (Å²) in [5.74, 6) is -0.442. The van der Waals surface area contributed by atoms with Crippen LogP contribution in [0.1, 0.15) is 11.4 Å². The van der Waals surface area contributed by atoms with Crippen LogP contribution in [0.5, 0.6) is 0 Å². The standard InChI is InChI=1S/C9H6F3N3O/c10-9(11,12)7-2-1-6(14-7)3-5-4-13-15-8(5)16/h1-4,14H,(H,15,16). The maximum atomic E-state index is 12.2. The van der Waals surface area contributed by atoms with Crippen LogP contribution in [0.3, 0.4) is 0 Å². The van der Waals surface area contributed by atoms with E-state index in [9.17, 15) is 18.0 Å². The molecule has 2 rings (SSSR count). The summed E-state index contributed by atoms with van der Waals surface area (Å²) in [6.45, 7) is 0. The third-order valence-corrected chi connectivity index (χ3v) is 1.96. The number of H-pyrrole nitrogens is 1. The van der Waals surface area contributed by atoms with Gasteiger partial charge in [-0.25, -0.2) is 5.43 Å². The summed E-state index contributed by atoms with van der Waals surface area (Å²) < 4.78 is 36.7. The number of aromatic nitrogens is 1. The van der Waals surface area contributed by atoms with Gasteiger partial charge in [0, 0.05) is 5.69 Å². The monoisotopic (exact) mass is 229 g/mol. The zero-order valence-electron chi connectivity index (χ0n) is 7.80. The third-order valence-electron chi connectivity index (χ3n) is 1.96. The Morgan fingerprint density at radius 3 is 2.56 bits per heavy atom. The first kappa shape index (κ1) is 10.5. The number of rotatable bonds is 1. The van der Waals surface area contributed by atoms with Crippen LogP contribution in [0, 0.1) is 0 Å². The highest BCUT2D eigenvalue weighted by atomic mass is 19.4. The van der Waals surface area contributed by atoms with Gasteiger partial charge >= 0.3 is 6.18 Å². The molecule has 0 radical (unpaired) electrons. The van der Waals surface area contributed by atoms with E-state index in [-0.39, 0.29) is 11.3 Å². The second kappa shape index (κ2) is 3.51. The molecule has 1 aliphatic heterocycles. The summed E-state index contributed by atoms with van der Waals surface area (Å²) in [4.78, 5) is 13.2. The third kappa shape index (κ3) is 1.97. The lowest BCUT2D eigenvalue weighted by atomic mass is 10.2. The Hall–Kier alpha value is -2.05. The van der Waals surface area contributed by atoms with Gasteiger partial charge in [0.15, 0.2) is 0 Å². The molecule has 16 heavy (non-hydrogen) atoms.